The van der Waals surface area contributed by atoms with Gasteiger partial charge in [-0.3, -0.25) is 0 Å². The molecule has 0 fully saturated rings. The molecule has 0 bridgehead atoms. The molecule has 0 aliphatic rings. The molecule has 1 heterocycles. The number of benzene rings is 1. The summed E-state index contributed by atoms with van der Waals surface area (Å²) < 4.78 is 10.6. The van der Waals surface area contributed by atoms with Crippen molar-refractivity contribution in [3.8, 4) is 5.75 Å². The fourth-order valence-corrected chi connectivity index (χ4v) is 2.08. The second-order valence-corrected chi connectivity index (χ2v) is 4.44. The largest absolute Gasteiger partial charge is 0.497 e. The topological polar surface area (TPSA) is 48.4 Å². The van der Waals surface area contributed by atoms with Gasteiger partial charge < -0.3 is 14.9 Å². The average Bonchev–Trinajstić information content (AvgIpc) is 2.91. The highest BCUT2D eigenvalue weighted by molar-refractivity contribution is 5.28. The molecular formula is C15H19NO2. The lowest BCUT2D eigenvalue weighted by Gasteiger charge is -2.13. The van der Waals surface area contributed by atoms with Gasteiger partial charge in [0.15, 0.2) is 0 Å². The van der Waals surface area contributed by atoms with E-state index in [0.717, 1.165) is 24.4 Å². The molecule has 3 heteroatoms. The standard InChI is InChI=1S/C15H19NO2/c1-17-14-5-2-4-12(9-14)8-13(11-16)10-15-6-3-7-18-15/h2-7,9,13H,8,10-11,16H2,1H3. The number of hydrogen-bond donors (Lipinski definition) is 1. The predicted molar refractivity (Wildman–Crippen MR) is 71.7 cm³/mol. The zero-order valence-electron chi connectivity index (χ0n) is 10.6. The Kier molecular flexibility index (Phi) is 4.42. The lowest BCUT2D eigenvalue weighted by Crippen LogP contribution is -2.19. The molecule has 0 saturated carbocycles. The Morgan fingerprint density at radius 2 is 2.11 bits per heavy atom. The summed E-state index contributed by atoms with van der Waals surface area (Å²) in [6, 6.07) is 12.0. The molecule has 1 atom stereocenters. The van der Waals surface area contributed by atoms with Gasteiger partial charge in [0.2, 0.25) is 0 Å². The fourth-order valence-electron chi connectivity index (χ4n) is 2.08. The maximum atomic E-state index is 5.83. The molecule has 0 aliphatic carbocycles. The summed E-state index contributed by atoms with van der Waals surface area (Å²) in [4.78, 5) is 0. The van der Waals surface area contributed by atoms with Crippen molar-refractivity contribution in [1.82, 2.24) is 0 Å². The van der Waals surface area contributed by atoms with Crippen molar-refractivity contribution in [2.75, 3.05) is 13.7 Å². The first-order valence-corrected chi connectivity index (χ1v) is 6.17. The van der Waals surface area contributed by atoms with Crippen molar-refractivity contribution in [2.24, 2.45) is 11.7 Å². The van der Waals surface area contributed by atoms with Gasteiger partial charge in [-0.25, -0.2) is 0 Å². The van der Waals surface area contributed by atoms with Gasteiger partial charge in [-0.1, -0.05) is 12.1 Å². The van der Waals surface area contributed by atoms with E-state index in [0.29, 0.717) is 12.5 Å². The highest BCUT2D eigenvalue weighted by Crippen LogP contribution is 2.18. The van der Waals surface area contributed by atoms with Crippen LogP contribution in [0.15, 0.2) is 47.1 Å². The number of ether oxygens (including phenoxy) is 1. The molecule has 0 saturated heterocycles. The molecule has 1 aromatic carbocycles. The van der Waals surface area contributed by atoms with Crippen LogP contribution < -0.4 is 10.5 Å². The van der Waals surface area contributed by atoms with Gasteiger partial charge in [-0.05, 0) is 48.7 Å². The minimum atomic E-state index is 0.392. The molecule has 1 aromatic heterocycles. The Morgan fingerprint density at radius 1 is 1.22 bits per heavy atom. The van der Waals surface area contributed by atoms with Gasteiger partial charge in [0.05, 0.1) is 13.4 Å². The molecule has 0 aliphatic heterocycles. The lowest BCUT2D eigenvalue weighted by molar-refractivity contribution is 0.412. The van der Waals surface area contributed by atoms with Crippen molar-refractivity contribution in [2.45, 2.75) is 12.8 Å². The second-order valence-electron chi connectivity index (χ2n) is 4.44. The van der Waals surface area contributed by atoms with Crippen molar-refractivity contribution in [3.63, 3.8) is 0 Å². The smallest absolute Gasteiger partial charge is 0.119 e. The third-order valence-corrected chi connectivity index (χ3v) is 3.06. The summed E-state index contributed by atoms with van der Waals surface area (Å²) in [5.74, 6) is 2.28. The molecule has 3 nitrogen and oxygen atoms in total. The van der Waals surface area contributed by atoms with E-state index >= 15 is 0 Å². The Labute approximate surface area is 108 Å². The first-order valence-electron chi connectivity index (χ1n) is 6.17. The Hall–Kier alpha value is -1.74. The van der Waals surface area contributed by atoms with E-state index in [9.17, 15) is 0 Å². The maximum Gasteiger partial charge on any atom is 0.119 e. The quantitative estimate of drug-likeness (QED) is 0.851. The third kappa shape index (κ3) is 3.37. The van der Waals surface area contributed by atoms with Crippen molar-refractivity contribution in [1.29, 1.82) is 0 Å². The molecule has 0 spiro atoms. The normalized spacial score (nSPS) is 12.3. The van der Waals surface area contributed by atoms with Crippen LogP contribution in [0, 0.1) is 5.92 Å². The third-order valence-electron chi connectivity index (χ3n) is 3.06. The summed E-state index contributed by atoms with van der Waals surface area (Å²) in [5, 5.41) is 0. The van der Waals surface area contributed by atoms with Crippen LogP contribution in [-0.4, -0.2) is 13.7 Å². The molecule has 96 valence electrons. The first-order chi connectivity index (χ1) is 8.81. The highest BCUT2D eigenvalue weighted by atomic mass is 16.5. The van der Waals surface area contributed by atoms with E-state index in [2.05, 4.69) is 12.1 Å². The van der Waals surface area contributed by atoms with Gasteiger partial charge in [0.1, 0.15) is 11.5 Å². The molecule has 1 unspecified atom stereocenters. The van der Waals surface area contributed by atoms with E-state index < -0.39 is 0 Å². The van der Waals surface area contributed by atoms with Crippen LogP contribution in [0.25, 0.3) is 0 Å². The minimum Gasteiger partial charge on any atom is -0.497 e. The predicted octanol–water partition coefficient (Wildman–Crippen LogP) is 2.65. The summed E-state index contributed by atoms with van der Waals surface area (Å²) in [6.07, 6.45) is 3.52. The van der Waals surface area contributed by atoms with E-state index in [4.69, 9.17) is 14.9 Å². The second kappa shape index (κ2) is 6.26. The minimum absolute atomic E-state index is 0.392. The number of hydrogen-bond acceptors (Lipinski definition) is 3. The molecule has 0 radical (unpaired) electrons. The molecule has 2 N–H and O–H groups in total. The molecule has 2 rings (SSSR count). The summed E-state index contributed by atoms with van der Waals surface area (Å²) >= 11 is 0. The van der Waals surface area contributed by atoms with Crippen LogP contribution in [0.4, 0.5) is 0 Å². The summed E-state index contributed by atoms with van der Waals surface area (Å²) in [7, 11) is 1.68. The van der Waals surface area contributed by atoms with Crippen LogP contribution in [0.2, 0.25) is 0 Å². The number of furan rings is 1. The zero-order valence-corrected chi connectivity index (χ0v) is 10.6. The van der Waals surface area contributed by atoms with E-state index in [1.165, 1.54) is 5.56 Å². The van der Waals surface area contributed by atoms with Crippen molar-refractivity contribution < 1.29 is 9.15 Å². The zero-order chi connectivity index (χ0) is 12.8. The molecular weight excluding hydrogens is 226 g/mol. The monoisotopic (exact) mass is 245 g/mol. The lowest BCUT2D eigenvalue weighted by atomic mass is 9.95. The van der Waals surface area contributed by atoms with Gasteiger partial charge in [0.25, 0.3) is 0 Å². The maximum absolute atomic E-state index is 5.83. The summed E-state index contributed by atoms with van der Waals surface area (Å²) in [5.41, 5.74) is 7.08. The molecule has 2 aromatic rings. The SMILES string of the molecule is COc1cccc(CC(CN)Cc2ccco2)c1. The summed E-state index contributed by atoms with van der Waals surface area (Å²) in [6.45, 7) is 0.651. The molecule has 18 heavy (non-hydrogen) atoms. The van der Waals surface area contributed by atoms with E-state index in [1.54, 1.807) is 13.4 Å². The average molecular weight is 245 g/mol. The Bertz CT molecular complexity index is 465. The Morgan fingerprint density at radius 3 is 2.78 bits per heavy atom. The number of rotatable bonds is 6. The number of nitrogens with two attached hydrogens (primary N) is 1. The van der Waals surface area contributed by atoms with E-state index in [1.807, 2.05) is 24.3 Å². The van der Waals surface area contributed by atoms with Gasteiger partial charge in [0, 0.05) is 6.42 Å². The van der Waals surface area contributed by atoms with Crippen LogP contribution >= 0.6 is 0 Å². The Balaban J connectivity index is 2.00. The van der Waals surface area contributed by atoms with Gasteiger partial charge in [-0.15, -0.1) is 0 Å². The van der Waals surface area contributed by atoms with Gasteiger partial charge >= 0.3 is 0 Å². The van der Waals surface area contributed by atoms with E-state index in [-0.39, 0.29) is 0 Å². The van der Waals surface area contributed by atoms with Gasteiger partial charge in [-0.2, -0.15) is 0 Å². The fraction of sp³-hybridized carbons (Fsp3) is 0.333. The van der Waals surface area contributed by atoms with Crippen LogP contribution in [0.3, 0.4) is 0 Å². The van der Waals surface area contributed by atoms with Crippen LogP contribution in [-0.2, 0) is 12.8 Å². The first kappa shape index (κ1) is 12.7. The van der Waals surface area contributed by atoms with Crippen molar-refractivity contribution in [3.05, 3.63) is 54.0 Å². The van der Waals surface area contributed by atoms with Crippen LogP contribution in [0.1, 0.15) is 11.3 Å². The van der Waals surface area contributed by atoms with Crippen LogP contribution in [0.5, 0.6) is 5.75 Å². The number of methoxy groups -OCH3 is 1. The highest BCUT2D eigenvalue weighted by Gasteiger charge is 2.11. The van der Waals surface area contributed by atoms with Crippen molar-refractivity contribution >= 4 is 0 Å². The molecule has 0 amide bonds.